The van der Waals surface area contributed by atoms with Crippen LogP contribution in [0.5, 0.6) is 0 Å². The molecule has 0 aromatic heterocycles. The Morgan fingerprint density at radius 2 is 2.00 bits per heavy atom. The van der Waals surface area contributed by atoms with Gasteiger partial charge in [0.2, 0.25) is 18.2 Å². The number of nitrogens with one attached hydrogen (secondary N) is 3. The molecule has 8 heteroatoms. The summed E-state index contributed by atoms with van der Waals surface area (Å²) in [7, 11) is 0. The Morgan fingerprint density at radius 3 is 2.48 bits per heavy atom. The molecule has 0 fully saturated rings. The first-order valence-electron chi connectivity index (χ1n) is 7.73. The van der Waals surface area contributed by atoms with Crippen molar-refractivity contribution in [2.45, 2.75) is 64.5 Å². The van der Waals surface area contributed by atoms with E-state index >= 15 is 0 Å². The second-order valence-corrected chi connectivity index (χ2v) is 7.88. The highest BCUT2D eigenvalue weighted by molar-refractivity contribution is 14.1. The van der Waals surface area contributed by atoms with Crippen molar-refractivity contribution < 1.29 is 14.4 Å². The van der Waals surface area contributed by atoms with E-state index in [1.165, 1.54) is 6.92 Å². The number of rotatable bonds is 12. The van der Waals surface area contributed by atoms with Gasteiger partial charge in [0.25, 0.3) is 0 Å². The molecule has 0 saturated carbocycles. The van der Waals surface area contributed by atoms with E-state index in [0.29, 0.717) is 22.2 Å². The van der Waals surface area contributed by atoms with E-state index in [9.17, 15) is 14.4 Å². The van der Waals surface area contributed by atoms with Crippen LogP contribution in [-0.2, 0) is 14.4 Å². The van der Waals surface area contributed by atoms with Gasteiger partial charge in [0.05, 0.1) is 8.41 Å². The van der Waals surface area contributed by atoms with Gasteiger partial charge in [-0.1, -0.05) is 25.6 Å². The zero-order valence-electron chi connectivity index (χ0n) is 13.9. The predicted octanol–water partition coefficient (Wildman–Crippen LogP) is 1.84. The maximum Gasteiger partial charge on any atom is 0.243 e. The second-order valence-electron chi connectivity index (χ2n) is 5.67. The van der Waals surface area contributed by atoms with E-state index < -0.39 is 11.6 Å². The highest BCUT2D eigenvalue weighted by Gasteiger charge is 2.31. The van der Waals surface area contributed by atoms with Crippen LogP contribution >= 0.6 is 34.8 Å². The summed E-state index contributed by atoms with van der Waals surface area (Å²) in [5.41, 5.74) is -0.558. The van der Waals surface area contributed by atoms with Crippen molar-refractivity contribution in [2.75, 3.05) is 6.54 Å². The van der Waals surface area contributed by atoms with Gasteiger partial charge in [-0.15, -0.1) is 0 Å². The van der Waals surface area contributed by atoms with Gasteiger partial charge < -0.3 is 16.0 Å². The van der Waals surface area contributed by atoms with Crippen LogP contribution in [0.15, 0.2) is 0 Å². The van der Waals surface area contributed by atoms with Gasteiger partial charge in [-0.25, -0.2) is 0 Å². The Balaban J connectivity index is 4.74. The molecular weight excluding hydrogens is 429 g/mol. The average molecular weight is 455 g/mol. The van der Waals surface area contributed by atoms with Crippen molar-refractivity contribution in [3.05, 3.63) is 0 Å². The normalized spacial score (nSPS) is 14.3. The molecule has 2 atom stereocenters. The van der Waals surface area contributed by atoms with E-state index in [1.54, 1.807) is 0 Å². The molecule has 6 nitrogen and oxygen atoms in total. The largest absolute Gasteiger partial charge is 0.359 e. The summed E-state index contributed by atoms with van der Waals surface area (Å²) in [6.07, 6.45) is 4.27. The van der Waals surface area contributed by atoms with Crippen molar-refractivity contribution in [3.63, 3.8) is 0 Å². The molecule has 0 aliphatic heterocycles. The number of hydrogen-bond donors (Lipinski definition) is 3. The van der Waals surface area contributed by atoms with Crippen molar-refractivity contribution in [2.24, 2.45) is 0 Å². The molecule has 0 saturated heterocycles. The first kappa shape index (κ1) is 22.2. The molecular formula is C15H26IN3O3S. The molecule has 0 aliphatic carbocycles. The fraction of sp³-hybridized carbons (Fsp3) is 0.733. The lowest BCUT2D eigenvalue weighted by atomic mass is 9.97. The minimum Gasteiger partial charge on any atom is -0.359 e. The smallest absolute Gasteiger partial charge is 0.243 e. The van der Waals surface area contributed by atoms with E-state index in [-0.39, 0.29) is 11.8 Å². The van der Waals surface area contributed by atoms with E-state index in [0.717, 1.165) is 25.7 Å². The predicted molar refractivity (Wildman–Crippen MR) is 104 cm³/mol. The third kappa shape index (κ3) is 9.19. The van der Waals surface area contributed by atoms with E-state index in [4.69, 9.17) is 12.2 Å². The van der Waals surface area contributed by atoms with Gasteiger partial charge in [-0.3, -0.25) is 14.4 Å². The SMILES string of the molecule is CCCC(C)(NC(=O)[C@H](CCCCNC=O)NC(C)=O)C(=S)I. The summed E-state index contributed by atoms with van der Waals surface area (Å²) in [5, 5.41) is 8.24. The Hall–Kier alpha value is -0.770. The summed E-state index contributed by atoms with van der Waals surface area (Å²) in [4.78, 5) is 34.1. The summed E-state index contributed by atoms with van der Waals surface area (Å²) in [6.45, 7) is 5.89. The van der Waals surface area contributed by atoms with Crippen LogP contribution in [0, 0.1) is 0 Å². The third-order valence-corrected chi connectivity index (χ3v) is 5.07. The van der Waals surface area contributed by atoms with Gasteiger partial charge in [-0.05, 0) is 55.2 Å². The Kier molecular flexibility index (Phi) is 11.3. The zero-order valence-corrected chi connectivity index (χ0v) is 16.9. The molecule has 0 aromatic carbocycles. The lowest BCUT2D eigenvalue weighted by Crippen LogP contribution is -2.56. The quantitative estimate of drug-likeness (QED) is 0.138. The van der Waals surface area contributed by atoms with Gasteiger partial charge in [0, 0.05) is 13.5 Å². The number of halogens is 1. The molecule has 3 N–H and O–H groups in total. The zero-order chi connectivity index (χ0) is 17.9. The molecule has 0 spiro atoms. The molecule has 0 radical (unpaired) electrons. The Morgan fingerprint density at radius 1 is 1.35 bits per heavy atom. The van der Waals surface area contributed by atoms with Crippen LogP contribution in [0.1, 0.15) is 52.9 Å². The standard InChI is InChI=1S/C15H26IN3O3S/c1-4-8-15(3,14(16)23)19-13(22)12(18-11(2)21)7-5-6-9-17-10-20/h10,12H,4-9H2,1-3H3,(H,17,20)(H,18,21)(H,19,22)/t12-,15?/m0/s1. The minimum atomic E-state index is -0.592. The number of thiocarbonyl (C=S) groups is 1. The van der Waals surface area contributed by atoms with Crippen molar-refractivity contribution in [1.29, 1.82) is 0 Å². The fourth-order valence-electron chi connectivity index (χ4n) is 2.22. The van der Waals surface area contributed by atoms with Crippen molar-refractivity contribution >= 4 is 55.9 Å². The van der Waals surface area contributed by atoms with E-state index in [1.807, 2.05) is 13.8 Å². The average Bonchev–Trinajstić information content (AvgIpc) is 2.45. The molecule has 0 aromatic rings. The number of carbonyl (C=O) groups is 3. The van der Waals surface area contributed by atoms with Gasteiger partial charge >= 0.3 is 0 Å². The fourth-order valence-corrected chi connectivity index (χ4v) is 2.78. The summed E-state index contributed by atoms with van der Waals surface area (Å²) in [6, 6.07) is -0.592. The molecule has 0 aliphatic rings. The van der Waals surface area contributed by atoms with Crippen LogP contribution in [0.2, 0.25) is 0 Å². The van der Waals surface area contributed by atoms with Crippen LogP contribution in [0.3, 0.4) is 0 Å². The summed E-state index contributed by atoms with van der Waals surface area (Å²) in [5.74, 6) is -0.469. The number of hydrogen-bond acceptors (Lipinski definition) is 4. The topological polar surface area (TPSA) is 87.3 Å². The highest BCUT2D eigenvalue weighted by atomic mass is 127. The highest BCUT2D eigenvalue weighted by Crippen LogP contribution is 2.20. The monoisotopic (exact) mass is 455 g/mol. The maximum atomic E-state index is 12.5. The number of carbonyl (C=O) groups excluding carboxylic acids is 3. The first-order valence-corrected chi connectivity index (χ1v) is 9.21. The van der Waals surface area contributed by atoms with E-state index in [2.05, 4.69) is 38.5 Å². The third-order valence-electron chi connectivity index (χ3n) is 3.42. The first-order chi connectivity index (χ1) is 10.8. The second kappa shape index (κ2) is 11.7. The van der Waals surface area contributed by atoms with Crippen molar-refractivity contribution in [3.8, 4) is 0 Å². The number of unbranched alkanes of at least 4 members (excludes halogenated alkanes) is 1. The maximum absolute atomic E-state index is 12.5. The molecule has 132 valence electrons. The summed E-state index contributed by atoms with van der Waals surface area (Å²) < 4.78 is 0.696. The molecule has 0 heterocycles. The Bertz CT molecular complexity index is 434. The Labute approximate surface area is 157 Å². The van der Waals surface area contributed by atoms with Crippen molar-refractivity contribution in [1.82, 2.24) is 16.0 Å². The minimum absolute atomic E-state index is 0.224. The van der Waals surface area contributed by atoms with Crippen LogP contribution in [0.4, 0.5) is 0 Å². The number of amides is 3. The van der Waals surface area contributed by atoms with Gasteiger partial charge in [0.15, 0.2) is 0 Å². The van der Waals surface area contributed by atoms with Crippen LogP contribution < -0.4 is 16.0 Å². The van der Waals surface area contributed by atoms with Gasteiger partial charge in [0.1, 0.15) is 6.04 Å². The molecule has 0 rings (SSSR count). The molecule has 3 amide bonds. The lowest BCUT2D eigenvalue weighted by Gasteiger charge is -2.31. The summed E-state index contributed by atoms with van der Waals surface area (Å²) >= 11 is 7.33. The molecule has 0 bridgehead atoms. The van der Waals surface area contributed by atoms with Gasteiger partial charge in [-0.2, -0.15) is 0 Å². The van der Waals surface area contributed by atoms with Crippen LogP contribution in [0.25, 0.3) is 0 Å². The molecule has 1 unspecified atom stereocenters. The lowest BCUT2D eigenvalue weighted by molar-refractivity contribution is -0.129. The van der Waals surface area contributed by atoms with Crippen LogP contribution in [-0.4, -0.2) is 39.2 Å². The molecule has 23 heavy (non-hydrogen) atoms.